The smallest absolute Gasteiger partial charge is 0.307 e. The SMILES string of the molecule is CC(C)OCCS(=O)(=O)N1CC(C(=O)O)CCC1C. The van der Waals surface area contributed by atoms with Crippen molar-refractivity contribution in [2.75, 3.05) is 18.9 Å². The van der Waals surface area contributed by atoms with Gasteiger partial charge >= 0.3 is 5.97 Å². The van der Waals surface area contributed by atoms with Crippen LogP contribution in [0.2, 0.25) is 0 Å². The highest BCUT2D eigenvalue weighted by molar-refractivity contribution is 7.89. The van der Waals surface area contributed by atoms with Crippen LogP contribution in [0.1, 0.15) is 33.6 Å². The Morgan fingerprint density at radius 1 is 1.42 bits per heavy atom. The van der Waals surface area contributed by atoms with Crippen molar-refractivity contribution in [3.63, 3.8) is 0 Å². The lowest BCUT2D eigenvalue weighted by Crippen LogP contribution is -2.48. The Hall–Kier alpha value is -0.660. The lowest BCUT2D eigenvalue weighted by Gasteiger charge is -2.35. The molecule has 0 aromatic carbocycles. The fourth-order valence-corrected chi connectivity index (χ4v) is 3.77. The Kier molecular flexibility index (Phi) is 5.76. The Morgan fingerprint density at radius 3 is 2.58 bits per heavy atom. The van der Waals surface area contributed by atoms with E-state index < -0.39 is 21.9 Å². The zero-order valence-electron chi connectivity index (χ0n) is 11.7. The fourth-order valence-electron chi connectivity index (χ4n) is 2.17. The minimum atomic E-state index is -3.45. The standard InChI is InChI=1S/C12H23NO5S/c1-9(2)18-6-7-19(16,17)13-8-11(12(14)15)5-4-10(13)3/h9-11H,4-8H2,1-3H3,(H,14,15). The third-order valence-corrected chi connectivity index (χ3v) is 5.23. The monoisotopic (exact) mass is 293 g/mol. The van der Waals surface area contributed by atoms with Crippen LogP contribution in [0.5, 0.6) is 0 Å². The second-order valence-corrected chi connectivity index (χ2v) is 7.31. The summed E-state index contributed by atoms with van der Waals surface area (Å²) >= 11 is 0. The minimum absolute atomic E-state index is 0.0132. The van der Waals surface area contributed by atoms with Gasteiger partial charge in [0.2, 0.25) is 10.0 Å². The molecule has 19 heavy (non-hydrogen) atoms. The highest BCUT2D eigenvalue weighted by atomic mass is 32.2. The molecule has 0 aromatic rings. The van der Waals surface area contributed by atoms with E-state index in [2.05, 4.69) is 0 Å². The Bertz CT molecular complexity index is 406. The van der Waals surface area contributed by atoms with E-state index in [1.165, 1.54) is 4.31 Å². The van der Waals surface area contributed by atoms with Gasteiger partial charge in [0.1, 0.15) is 0 Å². The van der Waals surface area contributed by atoms with Gasteiger partial charge < -0.3 is 9.84 Å². The molecule has 1 rings (SSSR count). The number of aliphatic carboxylic acids is 1. The minimum Gasteiger partial charge on any atom is -0.481 e. The lowest BCUT2D eigenvalue weighted by molar-refractivity contribution is -0.143. The summed E-state index contributed by atoms with van der Waals surface area (Å²) in [4.78, 5) is 11.0. The summed E-state index contributed by atoms with van der Waals surface area (Å²) in [5.41, 5.74) is 0. The molecule has 0 saturated carbocycles. The van der Waals surface area contributed by atoms with Gasteiger partial charge in [-0.1, -0.05) is 0 Å². The van der Waals surface area contributed by atoms with E-state index in [0.29, 0.717) is 12.8 Å². The van der Waals surface area contributed by atoms with Crippen LogP contribution in [0, 0.1) is 5.92 Å². The van der Waals surface area contributed by atoms with Crippen LogP contribution in [0.15, 0.2) is 0 Å². The molecule has 112 valence electrons. The van der Waals surface area contributed by atoms with Crippen LogP contribution in [-0.2, 0) is 19.6 Å². The van der Waals surface area contributed by atoms with Crippen molar-refractivity contribution in [3.05, 3.63) is 0 Å². The number of carbonyl (C=O) groups is 1. The molecule has 1 N–H and O–H groups in total. The lowest BCUT2D eigenvalue weighted by atomic mass is 9.96. The van der Waals surface area contributed by atoms with Gasteiger partial charge in [-0.15, -0.1) is 0 Å². The zero-order chi connectivity index (χ0) is 14.6. The summed E-state index contributed by atoms with van der Waals surface area (Å²) in [6.07, 6.45) is 1.10. The average molecular weight is 293 g/mol. The topological polar surface area (TPSA) is 83.9 Å². The molecular weight excluding hydrogens is 270 g/mol. The Labute approximate surface area is 114 Å². The van der Waals surface area contributed by atoms with E-state index >= 15 is 0 Å². The van der Waals surface area contributed by atoms with E-state index in [0.717, 1.165) is 0 Å². The summed E-state index contributed by atoms with van der Waals surface area (Å²) in [5.74, 6) is -1.62. The molecule has 0 aromatic heterocycles. The van der Waals surface area contributed by atoms with E-state index in [-0.39, 0.29) is 31.1 Å². The third-order valence-electron chi connectivity index (χ3n) is 3.32. The van der Waals surface area contributed by atoms with Crippen LogP contribution >= 0.6 is 0 Å². The maximum atomic E-state index is 12.2. The summed E-state index contributed by atoms with van der Waals surface area (Å²) in [6.45, 7) is 5.72. The first-order chi connectivity index (χ1) is 8.74. The zero-order valence-corrected chi connectivity index (χ0v) is 12.5. The number of piperidine rings is 1. The van der Waals surface area contributed by atoms with Crippen molar-refractivity contribution in [2.24, 2.45) is 5.92 Å². The van der Waals surface area contributed by atoms with Crippen LogP contribution in [0.4, 0.5) is 0 Å². The molecule has 0 radical (unpaired) electrons. The van der Waals surface area contributed by atoms with Crippen molar-refractivity contribution in [1.82, 2.24) is 4.31 Å². The van der Waals surface area contributed by atoms with E-state index in [9.17, 15) is 13.2 Å². The number of hydrogen-bond donors (Lipinski definition) is 1. The summed E-state index contributed by atoms with van der Waals surface area (Å²) < 4.78 is 31.0. The molecule has 1 saturated heterocycles. The van der Waals surface area contributed by atoms with E-state index in [1.807, 2.05) is 20.8 Å². The van der Waals surface area contributed by atoms with Gasteiger partial charge in [-0.2, -0.15) is 4.31 Å². The van der Waals surface area contributed by atoms with Gasteiger partial charge in [0.05, 0.1) is 24.4 Å². The third kappa shape index (κ3) is 4.74. The van der Waals surface area contributed by atoms with E-state index in [1.54, 1.807) is 0 Å². The predicted octanol–water partition coefficient (Wildman–Crippen LogP) is 0.926. The average Bonchev–Trinajstić information content (AvgIpc) is 2.28. The second kappa shape index (κ2) is 6.67. The molecule has 7 heteroatoms. The molecule has 0 aliphatic carbocycles. The molecule has 1 aliphatic rings. The van der Waals surface area contributed by atoms with E-state index in [4.69, 9.17) is 9.84 Å². The maximum Gasteiger partial charge on any atom is 0.307 e. The van der Waals surface area contributed by atoms with Crippen molar-refractivity contribution in [1.29, 1.82) is 0 Å². The number of carboxylic acid groups (broad SMARTS) is 1. The maximum absolute atomic E-state index is 12.2. The molecule has 1 aliphatic heterocycles. The molecule has 1 fully saturated rings. The van der Waals surface area contributed by atoms with Gasteiger partial charge in [-0.3, -0.25) is 4.79 Å². The van der Waals surface area contributed by atoms with Gasteiger partial charge in [0.15, 0.2) is 0 Å². The first kappa shape index (κ1) is 16.4. The molecule has 0 amide bonds. The molecule has 1 heterocycles. The van der Waals surface area contributed by atoms with Crippen molar-refractivity contribution in [3.8, 4) is 0 Å². The van der Waals surface area contributed by atoms with Gasteiger partial charge in [0.25, 0.3) is 0 Å². The van der Waals surface area contributed by atoms with Crippen LogP contribution < -0.4 is 0 Å². The van der Waals surface area contributed by atoms with Crippen LogP contribution in [0.3, 0.4) is 0 Å². The number of ether oxygens (including phenoxy) is 1. The van der Waals surface area contributed by atoms with Gasteiger partial charge in [-0.25, -0.2) is 8.42 Å². The number of carboxylic acids is 1. The predicted molar refractivity (Wildman–Crippen MR) is 71.4 cm³/mol. The molecule has 6 nitrogen and oxygen atoms in total. The quantitative estimate of drug-likeness (QED) is 0.787. The molecule has 0 spiro atoms. The van der Waals surface area contributed by atoms with Gasteiger partial charge in [-0.05, 0) is 33.6 Å². The molecule has 0 bridgehead atoms. The normalized spacial score (nSPS) is 25.7. The van der Waals surface area contributed by atoms with Crippen molar-refractivity contribution in [2.45, 2.75) is 45.8 Å². The number of nitrogens with zero attached hydrogens (tertiary/aromatic N) is 1. The second-order valence-electron chi connectivity index (χ2n) is 5.27. The first-order valence-electron chi connectivity index (χ1n) is 6.58. The molecule has 2 unspecified atom stereocenters. The number of hydrogen-bond acceptors (Lipinski definition) is 4. The van der Waals surface area contributed by atoms with Crippen molar-refractivity contribution < 1.29 is 23.1 Å². The highest BCUT2D eigenvalue weighted by Gasteiger charge is 2.36. The summed E-state index contributed by atoms with van der Waals surface area (Å²) in [6, 6.07) is -0.139. The molecular formula is C12H23NO5S. The number of rotatable bonds is 6. The highest BCUT2D eigenvalue weighted by Crippen LogP contribution is 2.25. The largest absolute Gasteiger partial charge is 0.481 e. The van der Waals surface area contributed by atoms with Crippen molar-refractivity contribution >= 4 is 16.0 Å². The first-order valence-corrected chi connectivity index (χ1v) is 8.19. The Morgan fingerprint density at radius 2 is 2.05 bits per heavy atom. The van der Waals surface area contributed by atoms with Gasteiger partial charge in [0, 0.05) is 12.6 Å². The van der Waals surface area contributed by atoms with Crippen LogP contribution in [0.25, 0.3) is 0 Å². The Balaban J connectivity index is 2.66. The molecule has 2 atom stereocenters. The van der Waals surface area contributed by atoms with Crippen LogP contribution in [-0.4, -0.2) is 54.8 Å². The summed E-state index contributed by atoms with van der Waals surface area (Å²) in [5, 5.41) is 9.01. The summed E-state index contributed by atoms with van der Waals surface area (Å²) in [7, 11) is -3.45. The number of sulfonamides is 1. The fraction of sp³-hybridized carbons (Fsp3) is 0.917.